The maximum Gasteiger partial charge on any atom is 0.262 e. The SMILES string of the molecule is O=C(c1cccc(S(=O)(=O)Nc2ccccc2F)c1)N1CCCCc2ccccc21. The van der Waals surface area contributed by atoms with Crippen LogP contribution in [0.2, 0.25) is 0 Å². The monoisotopic (exact) mass is 424 g/mol. The Hall–Kier alpha value is -3.19. The van der Waals surface area contributed by atoms with Gasteiger partial charge in [0.05, 0.1) is 10.6 Å². The van der Waals surface area contributed by atoms with E-state index in [1.165, 1.54) is 42.5 Å². The maximum atomic E-state index is 13.9. The summed E-state index contributed by atoms with van der Waals surface area (Å²) in [5.74, 6) is -0.929. The number of sulfonamides is 1. The van der Waals surface area contributed by atoms with Crippen LogP contribution in [0.25, 0.3) is 0 Å². The van der Waals surface area contributed by atoms with E-state index in [0.717, 1.165) is 30.5 Å². The van der Waals surface area contributed by atoms with E-state index in [2.05, 4.69) is 4.72 Å². The van der Waals surface area contributed by atoms with Crippen LogP contribution in [-0.2, 0) is 16.4 Å². The van der Waals surface area contributed by atoms with Crippen molar-refractivity contribution in [1.29, 1.82) is 0 Å². The molecule has 0 unspecified atom stereocenters. The molecule has 1 N–H and O–H groups in total. The van der Waals surface area contributed by atoms with Crippen LogP contribution in [0.5, 0.6) is 0 Å². The Morgan fingerprint density at radius 1 is 0.933 bits per heavy atom. The summed E-state index contributed by atoms with van der Waals surface area (Å²) >= 11 is 0. The number of aryl methyl sites for hydroxylation is 1. The summed E-state index contributed by atoms with van der Waals surface area (Å²) in [7, 11) is -4.05. The van der Waals surface area contributed by atoms with Crippen molar-refractivity contribution in [2.45, 2.75) is 24.2 Å². The molecule has 0 fully saturated rings. The lowest BCUT2D eigenvalue weighted by Crippen LogP contribution is -2.32. The number of carbonyl (C=O) groups is 1. The number of amides is 1. The number of nitrogens with zero attached hydrogens (tertiary/aromatic N) is 1. The molecule has 3 aromatic carbocycles. The molecule has 0 aliphatic carbocycles. The Morgan fingerprint density at radius 3 is 2.53 bits per heavy atom. The van der Waals surface area contributed by atoms with E-state index in [1.807, 2.05) is 24.3 Å². The number of anilines is 2. The van der Waals surface area contributed by atoms with Crippen LogP contribution in [0.15, 0.2) is 77.7 Å². The largest absolute Gasteiger partial charge is 0.308 e. The first-order valence-electron chi connectivity index (χ1n) is 9.73. The van der Waals surface area contributed by atoms with Gasteiger partial charge in [-0.2, -0.15) is 0 Å². The molecule has 1 aliphatic heterocycles. The van der Waals surface area contributed by atoms with Crippen LogP contribution in [0.4, 0.5) is 15.8 Å². The Balaban J connectivity index is 1.65. The van der Waals surface area contributed by atoms with Crippen molar-refractivity contribution in [3.05, 3.63) is 89.7 Å². The number of para-hydroxylation sites is 2. The third-order valence-electron chi connectivity index (χ3n) is 5.11. The maximum absolute atomic E-state index is 13.9. The van der Waals surface area contributed by atoms with Gasteiger partial charge in [0.15, 0.2) is 0 Å². The van der Waals surface area contributed by atoms with Gasteiger partial charge < -0.3 is 4.90 Å². The number of carbonyl (C=O) groups excluding carboxylic acids is 1. The third kappa shape index (κ3) is 4.07. The van der Waals surface area contributed by atoms with E-state index in [4.69, 9.17) is 0 Å². The molecule has 30 heavy (non-hydrogen) atoms. The summed E-state index contributed by atoms with van der Waals surface area (Å²) < 4.78 is 41.6. The highest BCUT2D eigenvalue weighted by molar-refractivity contribution is 7.92. The molecule has 1 amide bonds. The van der Waals surface area contributed by atoms with Gasteiger partial charge in [0.1, 0.15) is 5.82 Å². The van der Waals surface area contributed by atoms with E-state index < -0.39 is 15.8 Å². The molecule has 0 saturated carbocycles. The van der Waals surface area contributed by atoms with Crippen LogP contribution >= 0.6 is 0 Å². The van der Waals surface area contributed by atoms with Gasteiger partial charge in [0.2, 0.25) is 0 Å². The molecule has 4 rings (SSSR count). The zero-order valence-electron chi connectivity index (χ0n) is 16.2. The van der Waals surface area contributed by atoms with E-state index in [9.17, 15) is 17.6 Å². The second kappa shape index (κ2) is 8.28. The molecule has 7 heteroatoms. The van der Waals surface area contributed by atoms with Gasteiger partial charge in [0, 0.05) is 17.8 Å². The third-order valence-corrected chi connectivity index (χ3v) is 6.48. The zero-order valence-corrected chi connectivity index (χ0v) is 17.0. The number of hydrogen-bond donors (Lipinski definition) is 1. The van der Waals surface area contributed by atoms with E-state index in [0.29, 0.717) is 6.54 Å². The van der Waals surface area contributed by atoms with Crippen LogP contribution in [0.3, 0.4) is 0 Å². The molecule has 3 aromatic rings. The molecular weight excluding hydrogens is 403 g/mol. The van der Waals surface area contributed by atoms with Gasteiger partial charge in [0.25, 0.3) is 15.9 Å². The molecule has 1 aliphatic rings. The van der Waals surface area contributed by atoms with Crippen molar-refractivity contribution < 1.29 is 17.6 Å². The van der Waals surface area contributed by atoms with Crippen LogP contribution < -0.4 is 9.62 Å². The van der Waals surface area contributed by atoms with Crippen molar-refractivity contribution in [3.8, 4) is 0 Å². The predicted molar refractivity (Wildman–Crippen MR) is 115 cm³/mol. The summed E-state index contributed by atoms with van der Waals surface area (Å²) in [6.07, 6.45) is 2.76. The minimum atomic E-state index is -4.05. The predicted octanol–water partition coefficient (Wildman–Crippen LogP) is 4.61. The minimum absolute atomic E-state index is 0.0975. The first kappa shape index (κ1) is 20.1. The van der Waals surface area contributed by atoms with Gasteiger partial charge in [-0.15, -0.1) is 0 Å². The quantitative estimate of drug-likeness (QED) is 0.665. The van der Waals surface area contributed by atoms with Gasteiger partial charge in [-0.25, -0.2) is 12.8 Å². The standard InChI is InChI=1S/C23H21FN2O3S/c24-20-12-2-3-13-21(20)25-30(28,29)19-11-7-10-18(16-19)23(27)26-15-6-5-9-17-8-1-4-14-22(17)26/h1-4,7-8,10-14,16,25H,5-6,9,15H2. The topological polar surface area (TPSA) is 66.5 Å². The molecule has 0 radical (unpaired) electrons. The lowest BCUT2D eigenvalue weighted by molar-refractivity contribution is 0.0986. The van der Waals surface area contributed by atoms with Crippen LogP contribution in [0, 0.1) is 5.82 Å². The number of halogens is 1. The lowest BCUT2D eigenvalue weighted by atomic mass is 10.1. The Kier molecular flexibility index (Phi) is 5.55. The highest BCUT2D eigenvalue weighted by Gasteiger charge is 2.24. The molecule has 0 bridgehead atoms. The van der Waals surface area contributed by atoms with Gasteiger partial charge in [-0.05, 0) is 61.2 Å². The van der Waals surface area contributed by atoms with Gasteiger partial charge >= 0.3 is 0 Å². The van der Waals surface area contributed by atoms with E-state index >= 15 is 0 Å². The number of hydrogen-bond acceptors (Lipinski definition) is 3. The minimum Gasteiger partial charge on any atom is -0.308 e. The first-order chi connectivity index (χ1) is 14.5. The zero-order chi connectivity index (χ0) is 21.1. The normalized spacial score (nSPS) is 14.0. The van der Waals surface area contributed by atoms with Crippen LogP contribution in [0.1, 0.15) is 28.8 Å². The fourth-order valence-corrected chi connectivity index (χ4v) is 4.71. The van der Waals surface area contributed by atoms with Crippen molar-refractivity contribution in [2.24, 2.45) is 0 Å². The molecule has 1 heterocycles. The summed E-state index contributed by atoms with van der Waals surface area (Å²) in [5.41, 5.74) is 2.09. The Labute approximate surface area is 175 Å². The van der Waals surface area contributed by atoms with Crippen molar-refractivity contribution >= 4 is 27.3 Å². The second-order valence-electron chi connectivity index (χ2n) is 7.16. The van der Waals surface area contributed by atoms with E-state index in [-0.39, 0.29) is 22.1 Å². The summed E-state index contributed by atoms with van der Waals surface area (Å²) in [5, 5.41) is 0. The van der Waals surface area contributed by atoms with E-state index in [1.54, 1.807) is 11.0 Å². The Bertz CT molecular complexity index is 1190. The molecule has 154 valence electrons. The molecule has 5 nitrogen and oxygen atoms in total. The number of benzene rings is 3. The van der Waals surface area contributed by atoms with Gasteiger partial charge in [-0.3, -0.25) is 9.52 Å². The fraction of sp³-hybridized carbons (Fsp3) is 0.174. The summed E-state index contributed by atoms with van der Waals surface area (Å²) in [6.45, 7) is 0.570. The number of nitrogens with one attached hydrogen (secondary N) is 1. The average molecular weight is 424 g/mol. The van der Waals surface area contributed by atoms with Crippen molar-refractivity contribution in [1.82, 2.24) is 0 Å². The van der Waals surface area contributed by atoms with Gasteiger partial charge in [-0.1, -0.05) is 36.4 Å². The molecule has 0 atom stereocenters. The molecule has 0 aromatic heterocycles. The summed E-state index contributed by atoms with van der Waals surface area (Å²) in [6, 6.07) is 19.1. The molecule has 0 spiro atoms. The van der Waals surface area contributed by atoms with Crippen molar-refractivity contribution in [2.75, 3.05) is 16.2 Å². The highest BCUT2D eigenvalue weighted by atomic mass is 32.2. The average Bonchev–Trinajstić information content (AvgIpc) is 2.97. The molecule has 0 saturated heterocycles. The number of fused-ring (bicyclic) bond motifs is 1. The van der Waals surface area contributed by atoms with Crippen molar-refractivity contribution in [3.63, 3.8) is 0 Å². The highest BCUT2D eigenvalue weighted by Crippen LogP contribution is 2.28. The van der Waals surface area contributed by atoms with Crippen LogP contribution in [-0.4, -0.2) is 20.9 Å². The smallest absolute Gasteiger partial charge is 0.262 e. The second-order valence-corrected chi connectivity index (χ2v) is 8.84. The Morgan fingerprint density at radius 2 is 1.70 bits per heavy atom. The first-order valence-corrected chi connectivity index (χ1v) is 11.2. The molecular formula is C23H21FN2O3S. The fourth-order valence-electron chi connectivity index (χ4n) is 3.60. The lowest BCUT2D eigenvalue weighted by Gasteiger charge is -2.23. The number of rotatable bonds is 4. The summed E-state index contributed by atoms with van der Waals surface area (Å²) in [4.78, 5) is 14.9.